The van der Waals surface area contributed by atoms with Crippen molar-refractivity contribution in [1.82, 2.24) is 4.90 Å². The smallest absolute Gasteiger partial charge is 0.313 e. The van der Waals surface area contributed by atoms with E-state index in [1.807, 2.05) is 0 Å². The van der Waals surface area contributed by atoms with Crippen LogP contribution >= 0.6 is 0 Å². The SMILES string of the molecule is COCC1(C(=O)O)CCCN(C(=O)c2cc(F)ccc2NS(C)(=O)=O)C1. The highest BCUT2D eigenvalue weighted by Gasteiger charge is 2.44. The molecule has 1 aromatic carbocycles. The Kier molecular flexibility index (Phi) is 5.87. The first kappa shape index (κ1) is 20.1. The molecule has 0 aliphatic carbocycles. The van der Waals surface area contributed by atoms with E-state index in [1.54, 1.807) is 0 Å². The van der Waals surface area contributed by atoms with Crippen molar-refractivity contribution in [3.8, 4) is 0 Å². The minimum atomic E-state index is -3.68. The number of anilines is 1. The fraction of sp³-hybridized carbons (Fsp3) is 0.500. The zero-order valence-electron chi connectivity index (χ0n) is 14.5. The second kappa shape index (κ2) is 7.58. The van der Waals surface area contributed by atoms with Crippen LogP contribution in [0.15, 0.2) is 18.2 Å². The average molecular weight is 388 g/mol. The third-order valence-corrected chi connectivity index (χ3v) is 4.84. The van der Waals surface area contributed by atoms with Crippen molar-refractivity contribution in [3.05, 3.63) is 29.6 Å². The number of aliphatic carboxylic acids is 1. The topological polar surface area (TPSA) is 113 Å². The molecule has 0 bridgehead atoms. The van der Waals surface area contributed by atoms with Gasteiger partial charge in [0.05, 0.1) is 24.1 Å². The van der Waals surface area contributed by atoms with E-state index >= 15 is 0 Å². The summed E-state index contributed by atoms with van der Waals surface area (Å²) in [6.45, 7) is 0.111. The van der Waals surface area contributed by atoms with E-state index in [1.165, 1.54) is 12.0 Å². The summed E-state index contributed by atoms with van der Waals surface area (Å²) in [7, 11) is -2.30. The van der Waals surface area contributed by atoms with Crippen LogP contribution in [-0.2, 0) is 19.6 Å². The highest BCUT2D eigenvalue weighted by molar-refractivity contribution is 7.92. The maximum atomic E-state index is 13.6. The number of halogens is 1. The Hall–Kier alpha value is -2.20. The number of hydrogen-bond donors (Lipinski definition) is 2. The van der Waals surface area contributed by atoms with Gasteiger partial charge < -0.3 is 14.7 Å². The number of amides is 1. The number of methoxy groups -OCH3 is 1. The van der Waals surface area contributed by atoms with Crippen LogP contribution in [0.5, 0.6) is 0 Å². The number of nitrogens with zero attached hydrogens (tertiary/aromatic N) is 1. The standard InChI is InChI=1S/C16H21FN2O6S/c1-25-10-16(15(21)22)6-3-7-19(9-16)14(20)12-8-11(17)4-5-13(12)18-26(2,23)24/h4-5,8,18H,3,6-7,9-10H2,1-2H3,(H,21,22). The number of carboxylic acid groups (broad SMARTS) is 1. The Morgan fingerprint density at radius 2 is 2.12 bits per heavy atom. The molecule has 1 unspecified atom stereocenters. The number of ether oxygens (including phenoxy) is 1. The molecule has 1 atom stereocenters. The molecule has 0 radical (unpaired) electrons. The van der Waals surface area contributed by atoms with Gasteiger partial charge in [0.25, 0.3) is 5.91 Å². The van der Waals surface area contributed by atoms with Gasteiger partial charge in [-0.25, -0.2) is 12.8 Å². The van der Waals surface area contributed by atoms with E-state index in [0.29, 0.717) is 12.8 Å². The summed E-state index contributed by atoms with van der Waals surface area (Å²) >= 11 is 0. The lowest BCUT2D eigenvalue weighted by atomic mass is 9.80. The molecule has 1 aromatic rings. The fourth-order valence-corrected chi connectivity index (χ4v) is 3.67. The summed E-state index contributed by atoms with van der Waals surface area (Å²) in [4.78, 5) is 25.9. The Morgan fingerprint density at radius 1 is 1.42 bits per heavy atom. The van der Waals surface area contributed by atoms with Gasteiger partial charge in [-0.2, -0.15) is 0 Å². The first-order chi connectivity index (χ1) is 12.1. The molecule has 0 saturated carbocycles. The highest BCUT2D eigenvalue weighted by atomic mass is 32.2. The number of hydrogen-bond acceptors (Lipinski definition) is 5. The quantitative estimate of drug-likeness (QED) is 0.756. The van der Waals surface area contributed by atoms with Gasteiger partial charge >= 0.3 is 5.97 Å². The number of carboxylic acids is 1. The first-order valence-electron chi connectivity index (χ1n) is 7.87. The molecule has 1 aliphatic heterocycles. The van der Waals surface area contributed by atoms with Crippen molar-refractivity contribution in [2.24, 2.45) is 5.41 Å². The lowest BCUT2D eigenvalue weighted by molar-refractivity contribution is -0.155. The second-order valence-corrected chi connectivity index (χ2v) is 8.16. The van der Waals surface area contributed by atoms with Crippen LogP contribution < -0.4 is 4.72 Å². The molecule has 144 valence electrons. The minimum absolute atomic E-state index is 0.0582. The van der Waals surface area contributed by atoms with Gasteiger partial charge in [-0.05, 0) is 31.0 Å². The third kappa shape index (κ3) is 4.50. The lowest BCUT2D eigenvalue weighted by Crippen LogP contribution is -2.52. The molecule has 26 heavy (non-hydrogen) atoms. The summed E-state index contributed by atoms with van der Waals surface area (Å²) in [5.41, 5.74) is -1.48. The van der Waals surface area contributed by atoms with E-state index in [-0.39, 0.29) is 30.9 Å². The lowest BCUT2D eigenvalue weighted by Gasteiger charge is -2.39. The first-order valence-corrected chi connectivity index (χ1v) is 9.76. The molecule has 0 spiro atoms. The van der Waals surface area contributed by atoms with Gasteiger partial charge in [0.1, 0.15) is 11.2 Å². The molecule has 2 rings (SSSR count). The number of likely N-dealkylation sites (tertiary alicyclic amines) is 1. The predicted molar refractivity (Wildman–Crippen MR) is 91.9 cm³/mol. The van der Waals surface area contributed by atoms with Gasteiger partial charge in [0.15, 0.2) is 0 Å². The van der Waals surface area contributed by atoms with Gasteiger partial charge in [0, 0.05) is 20.2 Å². The Morgan fingerprint density at radius 3 is 2.69 bits per heavy atom. The minimum Gasteiger partial charge on any atom is -0.481 e. The van der Waals surface area contributed by atoms with Crippen molar-refractivity contribution in [3.63, 3.8) is 0 Å². The van der Waals surface area contributed by atoms with Crippen molar-refractivity contribution >= 4 is 27.6 Å². The van der Waals surface area contributed by atoms with Crippen LogP contribution in [0.1, 0.15) is 23.2 Å². The second-order valence-electron chi connectivity index (χ2n) is 6.41. The molecular weight excluding hydrogens is 367 g/mol. The molecule has 1 fully saturated rings. The van der Waals surface area contributed by atoms with Crippen molar-refractivity contribution in [2.75, 3.05) is 37.8 Å². The summed E-state index contributed by atoms with van der Waals surface area (Å²) in [6, 6.07) is 3.13. The molecule has 1 heterocycles. The number of rotatable bonds is 6. The molecule has 1 saturated heterocycles. The van der Waals surface area contributed by atoms with E-state index in [4.69, 9.17) is 4.74 Å². The third-order valence-electron chi connectivity index (χ3n) is 4.25. The van der Waals surface area contributed by atoms with Crippen LogP contribution in [0.2, 0.25) is 0 Å². The number of carbonyl (C=O) groups is 2. The van der Waals surface area contributed by atoms with E-state index in [9.17, 15) is 27.5 Å². The van der Waals surface area contributed by atoms with Gasteiger partial charge in [0.2, 0.25) is 10.0 Å². The van der Waals surface area contributed by atoms with Crippen LogP contribution in [-0.4, -0.2) is 63.4 Å². The van der Waals surface area contributed by atoms with Crippen LogP contribution in [0.4, 0.5) is 10.1 Å². The molecule has 8 nitrogen and oxygen atoms in total. The molecule has 0 aromatic heterocycles. The number of sulfonamides is 1. The number of carbonyl (C=O) groups excluding carboxylic acids is 1. The fourth-order valence-electron chi connectivity index (χ4n) is 3.09. The van der Waals surface area contributed by atoms with Gasteiger partial charge in [-0.3, -0.25) is 14.3 Å². The van der Waals surface area contributed by atoms with E-state index in [0.717, 1.165) is 24.5 Å². The molecular formula is C16H21FN2O6S. The summed E-state index contributed by atoms with van der Waals surface area (Å²) in [6.07, 6.45) is 1.70. The van der Waals surface area contributed by atoms with Gasteiger partial charge in [-0.1, -0.05) is 0 Å². The summed E-state index contributed by atoms with van der Waals surface area (Å²) < 4.78 is 43.8. The normalized spacial score (nSPS) is 20.7. The van der Waals surface area contributed by atoms with Crippen LogP contribution in [0.25, 0.3) is 0 Å². The molecule has 1 amide bonds. The average Bonchev–Trinajstić information content (AvgIpc) is 2.55. The largest absolute Gasteiger partial charge is 0.481 e. The molecule has 2 N–H and O–H groups in total. The van der Waals surface area contributed by atoms with E-state index < -0.39 is 33.1 Å². The number of nitrogens with one attached hydrogen (secondary N) is 1. The number of benzene rings is 1. The van der Waals surface area contributed by atoms with Crippen LogP contribution in [0.3, 0.4) is 0 Å². The predicted octanol–water partition coefficient (Wildman–Crippen LogP) is 1.15. The summed E-state index contributed by atoms with van der Waals surface area (Å²) in [5.74, 6) is -2.42. The summed E-state index contributed by atoms with van der Waals surface area (Å²) in [5, 5.41) is 9.57. The van der Waals surface area contributed by atoms with E-state index in [2.05, 4.69) is 4.72 Å². The maximum absolute atomic E-state index is 13.6. The van der Waals surface area contributed by atoms with Crippen molar-refractivity contribution in [1.29, 1.82) is 0 Å². The highest BCUT2D eigenvalue weighted by Crippen LogP contribution is 2.32. The Balaban J connectivity index is 2.36. The number of piperidine rings is 1. The Labute approximate surface area is 151 Å². The van der Waals surface area contributed by atoms with Crippen molar-refractivity contribution < 1.29 is 32.2 Å². The maximum Gasteiger partial charge on any atom is 0.313 e. The van der Waals surface area contributed by atoms with Crippen molar-refractivity contribution in [2.45, 2.75) is 12.8 Å². The molecule has 1 aliphatic rings. The zero-order valence-corrected chi connectivity index (χ0v) is 15.3. The monoisotopic (exact) mass is 388 g/mol. The van der Waals surface area contributed by atoms with Crippen LogP contribution in [0, 0.1) is 11.2 Å². The Bertz CT molecular complexity index is 809. The zero-order chi connectivity index (χ0) is 19.5. The van der Waals surface area contributed by atoms with Gasteiger partial charge in [-0.15, -0.1) is 0 Å². The molecule has 10 heteroatoms.